The first kappa shape index (κ1) is 9.21. The summed E-state index contributed by atoms with van der Waals surface area (Å²) in [5.41, 5.74) is 2.64. The second kappa shape index (κ2) is 2.98. The first-order valence-corrected chi connectivity index (χ1v) is 5.69. The van der Waals surface area contributed by atoms with E-state index in [2.05, 4.69) is 10.2 Å². The molecule has 1 unspecified atom stereocenters. The van der Waals surface area contributed by atoms with Gasteiger partial charge in [0.2, 0.25) is 5.91 Å². The van der Waals surface area contributed by atoms with Crippen LogP contribution in [0.4, 0.5) is 0 Å². The summed E-state index contributed by atoms with van der Waals surface area (Å²) >= 11 is 0. The molecule has 2 saturated heterocycles. The highest BCUT2D eigenvalue weighted by Crippen LogP contribution is 2.39. The number of likely N-dealkylation sites (tertiary alicyclic amines) is 1. The van der Waals surface area contributed by atoms with Gasteiger partial charge in [-0.1, -0.05) is 13.8 Å². The number of amides is 1. The Bertz CT molecular complexity index is 348. The molecule has 0 spiro atoms. The van der Waals surface area contributed by atoms with E-state index < -0.39 is 0 Å². The van der Waals surface area contributed by atoms with E-state index in [1.165, 1.54) is 11.4 Å². The number of carbonyl (C=O) groups is 1. The summed E-state index contributed by atoms with van der Waals surface area (Å²) in [5.74, 6) is 0.395. The van der Waals surface area contributed by atoms with Gasteiger partial charge < -0.3 is 9.80 Å². The highest BCUT2D eigenvalue weighted by molar-refractivity contribution is 5.81. The third kappa shape index (κ3) is 1.14. The zero-order chi connectivity index (χ0) is 10.6. The molecule has 0 aliphatic carbocycles. The summed E-state index contributed by atoms with van der Waals surface area (Å²) in [4.78, 5) is 16.4. The van der Waals surface area contributed by atoms with Crippen LogP contribution in [0.5, 0.6) is 0 Å². The molecule has 3 rings (SSSR count). The fraction of sp³-hybridized carbons (Fsp3) is 0.727. The Morgan fingerprint density at radius 3 is 3.00 bits per heavy atom. The van der Waals surface area contributed by atoms with Crippen molar-refractivity contribution in [1.82, 2.24) is 15.1 Å². The van der Waals surface area contributed by atoms with Crippen LogP contribution in [0.15, 0.2) is 11.4 Å². The van der Waals surface area contributed by atoms with Crippen LogP contribution in [0.3, 0.4) is 0 Å². The van der Waals surface area contributed by atoms with Gasteiger partial charge in [-0.25, -0.2) is 0 Å². The van der Waals surface area contributed by atoms with Crippen molar-refractivity contribution in [3.8, 4) is 0 Å². The van der Waals surface area contributed by atoms with Gasteiger partial charge in [0.15, 0.2) is 0 Å². The third-order valence-electron chi connectivity index (χ3n) is 3.60. The first-order valence-electron chi connectivity index (χ1n) is 5.69. The fourth-order valence-corrected chi connectivity index (χ4v) is 2.84. The molecule has 1 N–H and O–H groups in total. The zero-order valence-corrected chi connectivity index (χ0v) is 9.29. The molecule has 0 radical (unpaired) electrons. The Labute approximate surface area is 89.9 Å². The molecule has 3 aliphatic rings. The average molecular weight is 207 g/mol. The summed E-state index contributed by atoms with van der Waals surface area (Å²) in [6.45, 7) is 6.76. The maximum Gasteiger partial charge on any atom is 0.229 e. The van der Waals surface area contributed by atoms with Gasteiger partial charge >= 0.3 is 0 Å². The van der Waals surface area contributed by atoms with E-state index in [9.17, 15) is 4.79 Å². The molecular weight excluding hydrogens is 190 g/mol. The molecule has 3 aliphatic heterocycles. The molecule has 3 heterocycles. The molecule has 4 nitrogen and oxygen atoms in total. The van der Waals surface area contributed by atoms with E-state index in [-0.39, 0.29) is 11.8 Å². The predicted molar refractivity (Wildman–Crippen MR) is 56.7 cm³/mol. The standard InChI is InChI=1S/C11H17N3O/c1-7(2)11(15)13-5-8-3-9(13)10-4-12-6-14(8)10/h7-8,12H,3-6H2,1-2H3. The molecule has 2 bridgehead atoms. The van der Waals surface area contributed by atoms with Gasteiger partial charge in [-0.15, -0.1) is 0 Å². The number of carbonyl (C=O) groups excluding carboxylic acids is 1. The summed E-state index contributed by atoms with van der Waals surface area (Å²) < 4.78 is 0. The van der Waals surface area contributed by atoms with Crippen LogP contribution in [-0.2, 0) is 4.79 Å². The van der Waals surface area contributed by atoms with Crippen molar-refractivity contribution in [2.24, 2.45) is 5.92 Å². The molecule has 2 fully saturated rings. The van der Waals surface area contributed by atoms with E-state index >= 15 is 0 Å². The van der Waals surface area contributed by atoms with Crippen molar-refractivity contribution in [2.45, 2.75) is 26.3 Å². The molecule has 0 aromatic rings. The van der Waals surface area contributed by atoms with Crippen LogP contribution in [0.1, 0.15) is 20.3 Å². The van der Waals surface area contributed by atoms with Gasteiger partial charge in [-0.2, -0.15) is 0 Å². The predicted octanol–water partition coefficient (Wildman–Crippen LogP) is 0.331. The Balaban J connectivity index is 1.91. The Morgan fingerprint density at radius 2 is 2.27 bits per heavy atom. The van der Waals surface area contributed by atoms with Gasteiger partial charge in [-0.3, -0.25) is 10.1 Å². The molecule has 0 saturated carbocycles. The highest BCUT2D eigenvalue weighted by Gasteiger charge is 2.45. The lowest BCUT2D eigenvalue weighted by atomic mass is 10.2. The van der Waals surface area contributed by atoms with Gasteiger partial charge in [0, 0.05) is 36.8 Å². The molecular formula is C11H17N3O. The lowest BCUT2D eigenvalue weighted by Crippen LogP contribution is -2.41. The van der Waals surface area contributed by atoms with Crippen LogP contribution in [0, 0.1) is 5.92 Å². The van der Waals surface area contributed by atoms with Crippen molar-refractivity contribution in [3.05, 3.63) is 11.4 Å². The number of nitrogens with one attached hydrogen (secondary N) is 1. The number of hydrogen-bond donors (Lipinski definition) is 1. The number of hydrogen-bond acceptors (Lipinski definition) is 3. The quantitative estimate of drug-likeness (QED) is 0.673. The summed E-state index contributed by atoms with van der Waals surface area (Å²) in [6.07, 6.45) is 1.08. The molecule has 0 aromatic carbocycles. The smallest absolute Gasteiger partial charge is 0.229 e. The number of nitrogens with zero attached hydrogens (tertiary/aromatic N) is 2. The SMILES string of the molecule is CC(C)C(=O)N1CC2CC1=C1CNCN12. The number of fused-ring (bicyclic) bond motifs is 4. The Kier molecular flexibility index (Phi) is 1.83. The maximum absolute atomic E-state index is 12.0. The summed E-state index contributed by atoms with van der Waals surface area (Å²) in [7, 11) is 0. The first-order chi connectivity index (χ1) is 7.18. The van der Waals surface area contributed by atoms with Crippen LogP contribution in [0.25, 0.3) is 0 Å². The minimum absolute atomic E-state index is 0.111. The minimum atomic E-state index is 0.111. The third-order valence-corrected chi connectivity index (χ3v) is 3.60. The van der Waals surface area contributed by atoms with Crippen LogP contribution in [0.2, 0.25) is 0 Å². The van der Waals surface area contributed by atoms with Gasteiger partial charge in [0.1, 0.15) is 0 Å². The molecule has 1 amide bonds. The summed E-state index contributed by atoms with van der Waals surface area (Å²) in [6, 6.07) is 0.549. The topological polar surface area (TPSA) is 35.6 Å². The monoisotopic (exact) mass is 207 g/mol. The van der Waals surface area contributed by atoms with Crippen molar-refractivity contribution >= 4 is 5.91 Å². The lowest BCUT2D eigenvalue weighted by molar-refractivity contribution is -0.132. The largest absolute Gasteiger partial charge is 0.354 e. The highest BCUT2D eigenvalue weighted by atomic mass is 16.2. The Hall–Kier alpha value is -1.03. The van der Waals surface area contributed by atoms with Gasteiger partial charge in [0.05, 0.1) is 12.7 Å². The van der Waals surface area contributed by atoms with E-state index in [0.29, 0.717) is 6.04 Å². The van der Waals surface area contributed by atoms with E-state index in [0.717, 1.165) is 26.2 Å². The van der Waals surface area contributed by atoms with Crippen LogP contribution >= 0.6 is 0 Å². The average Bonchev–Trinajstić information content (AvgIpc) is 2.87. The second-order valence-corrected chi connectivity index (χ2v) is 4.91. The molecule has 4 heteroatoms. The van der Waals surface area contributed by atoms with Crippen LogP contribution < -0.4 is 5.32 Å². The summed E-state index contributed by atoms with van der Waals surface area (Å²) in [5, 5.41) is 3.34. The van der Waals surface area contributed by atoms with Crippen LogP contribution in [-0.4, -0.2) is 41.5 Å². The minimum Gasteiger partial charge on any atom is -0.354 e. The zero-order valence-electron chi connectivity index (χ0n) is 9.29. The van der Waals surface area contributed by atoms with Gasteiger partial charge in [-0.05, 0) is 0 Å². The van der Waals surface area contributed by atoms with E-state index in [1.807, 2.05) is 18.7 Å². The fourth-order valence-electron chi connectivity index (χ4n) is 2.84. The molecule has 15 heavy (non-hydrogen) atoms. The molecule has 0 aromatic heterocycles. The molecule has 1 atom stereocenters. The number of rotatable bonds is 1. The normalized spacial score (nSPS) is 28.3. The van der Waals surface area contributed by atoms with Gasteiger partial charge in [0.25, 0.3) is 0 Å². The second-order valence-electron chi connectivity index (χ2n) is 4.91. The van der Waals surface area contributed by atoms with Crippen molar-refractivity contribution in [1.29, 1.82) is 0 Å². The maximum atomic E-state index is 12.0. The Morgan fingerprint density at radius 1 is 1.47 bits per heavy atom. The van der Waals surface area contributed by atoms with Crippen molar-refractivity contribution in [2.75, 3.05) is 19.8 Å². The van der Waals surface area contributed by atoms with E-state index in [1.54, 1.807) is 0 Å². The lowest BCUT2D eigenvalue weighted by Gasteiger charge is -2.31. The van der Waals surface area contributed by atoms with Crippen molar-refractivity contribution in [3.63, 3.8) is 0 Å². The van der Waals surface area contributed by atoms with Crippen molar-refractivity contribution < 1.29 is 4.79 Å². The van der Waals surface area contributed by atoms with E-state index in [4.69, 9.17) is 0 Å². The molecule has 82 valence electrons.